The third kappa shape index (κ3) is 7.57. The second-order valence-corrected chi connectivity index (χ2v) is 4.53. The van der Waals surface area contributed by atoms with Crippen LogP contribution in [-0.2, 0) is 9.53 Å². The van der Waals surface area contributed by atoms with Crippen LogP contribution in [0.4, 0.5) is 4.79 Å². The molecule has 6 heteroatoms. The smallest absolute Gasteiger partial charge is 0.315 e. The van der Waals surface area contributed by atoms with Gasteiger partial charge in [0.1, 0.15) is 0 Å². The van der Waals surface area contributed by atoms with Crippen molar-refractivity contribution < 1.29 is 19.4 Å². The molecule has 0 aromatic carbocycles. The third-order valence-electron chi connectivity index (χ3n) is 2.56. The molecule has 1 unspecified atom stereocenters. The number of rotatable bonds is 7. The molecule has 0 saturated carbocycles. The first-order valence-electron chi connectivity index (χ1n) is 5.61. The zero-order chi connectivity index (χ0) is 13.5. The van der Waals surface area contributed by atoms with E-state index in [1.165, 1.54) is 7.11 Å². The van der Waals surface area contributed by atoms with E-state index in [0.29, 0.717) is 0 Å². The average Bonchev–Trinajstić information content (AvgIpc) is 2.23. The van der Waals surface area contributed by atoms with Crippen LogP contribution < -0.4 is 10.6 Å². The van der Waals surface area contributed by atoms with Crippen molar-refractivity contribution in [1.29, 1.82) is 0 Å². The number of ether oxygens (including phenoxy) is 1. The maximum absolute atomic E-state index is 11.5. The summed E-state index contributed by atoms with van der Waals surface area (Å²) in [5.41, 5.74) is -0.278. The number of carbonyl (C=O) groups is 2. The van der Waals surface area contributed by atoms with Crippen molar-refractivity contribution in [1.82, 2.24) is 10.6 Å². The van der Waals surface area contributed by atoms with E-state index in [1.807, 2.05) is 20.8 Å². The number of nitrogens with one attached hydrogen (secondary N) is 2. The zero-order valence-corrected chi connectivity index (χ0v) is 10.9. The van der Waals surface area contributed by atoms with Gasteiger partial charge in [0, 0.05) is 19.2 Å². The molecule has 0 bridgehead atoms. The highest BCUT2D eigenvalue weighted by Gasteiger charge is 2.19. The van der Waals surface area contributed by atoms with Crippen molar-refractivity contribution in [3.8, 4) is 0 Å². The number of aliphatic carboxylic acids is 1. The number of carboxylic acids is 1. The summed E-state index contributed by atoms with van der Waals surface area (Å²) in [6.45, 7) is 5.98. The second kappa shape index (κ2) is 7.11. The molecule has 1 atom stereocenters. The van der Waals surface area contributed by atoms with E-state index in [1.54, 1.807) is 0 Å². The summed E-state index contributed by atoms with van der Waals surface area (Å²) in [5, 5.41) is 14.0. The van der Waals surface area contributed by atoms with Gasteiger partial charge in [0.15, 0.2) is 0 Å². The minimum atomic E-state index is -0.951. The molecular formula is C11H22N2O4. The highest BCUT2D eigenvalue weighted by Crippen LogP contribution is 2.06. The highest BCUT2D eigenvalue weighted by molar-refractivity contribution is 5.74. The molecule has 0 heterocycles. The molecule has 0 aromatic rings. The van der Waals surface area contributed by atoms with Gasteiger partial charge in [-0.25, -0.2) is 4.79 Å². The van der Waals surface area contributed by atoms with Crippen molar-refractivity contribution in [2.45, 2.75) is 45.3 Å². The van der Waals surface area contributed by atoms with Crippen molar-refractivity contribution in [3.63, 3.8) is 0 Å². The highest BCUT2D eigenvalue weighted by atomic mass is 16.5. The van der Waals surface area contributed by atoms with Gasteiger partial charge in [-0.15, -0.1) is 0 Å². The molecule has 0 saturated heterocycles. The summed E-state index contributed by atoms with van der Waals surface area (Å²) in [7, 11) is 1.42. The largest absolute Gasteiger partial charge is 0.481 e. The number of urea groups is 1. The lowest BCUT2D eigenvalue weighted by atomic mass is 10.0. The van der Waals surface area contributed by atoms with Gasteiger partial charge in [0.05, 0.1) is 12.5 Å². The van der Waals surface area contributed by atoms with Crippen LogP contribution >= 0.6 is 0 Å². The molecule has 0 aliphatic rings. The van der Waals surface area contributed by atoms with Gasteiger partial charge in [-0.05, 0) is 20.3 Å². The van der Waals surface area contributed by atoms with Crippen molar-refractivity contribution in [2.24, 2.45) is 0 Å². The minimum Gasteiger partial charge on any atom is -0.481 e. The normalized spacial score (nSPS) is 12.9. The molecule has 3 N–H and O–H groups in total. The molecule has 0 radical (unpaired) electrons. The molecule has 0 aromatic heterocycles. The van der Waals surface area contributed by atoms with Crippen LogP contribution in [0.1, 0.15) is 33.6 Å². The van der Waals surface area contributed by atoms with E-state index >= 15 is 0 Å². The summed E-state index contributed by atoms with van der Waals surface area (Å²) < 4.78 is 4.94. The average molecular weight is 246 g/mol. The lowest BCUT2D eigenvalue weighted by molar-refractivity contribution is -0.139. The van der Waals surface area contributed by atoms with Crippen molar-refractivity contribution >= 4 is 12.0 Å². The SMILES string of the molecule is CCC(C)(C)NC(=O)NCC(CC(=O)O)OC. The number of hydrogen-bond donors (Lipinski definition) is 3. The molecule has 17 heavy (non-hydrogen) atoms. The summed E-state index contributed by atoms with van der Waals surface area (Å²) in [6, 6.07) is -0.315. The Balaban J connectivity index is 4.01. The van der Waals surface area contributed by atoms with Crippen molar-refractivity contribution in [2.75, 3.05) is 13.7 Å². The van der Waals surface area contributed by atoms with Crippen LogP contribution in [0.3, 0.4) is 0 Å². The molecule has 6 nitrogen and oxygen atoms in total. The zero-order valence-electron chi connectivity index (χ0n) is 10.9. The fourth-order valence-electron chi connectivity index (χ4n) is 1.08. The fraction of sp³-hybridized carbons (Fsp3) is 0.818. The lowest BCUT2D eigenvalue weighted by Gasteiger charge is -2.25. The van der Waals surface area contributed by atoms with Crippen LogP contribution in [-0.4, -0.2) is 42.4 Å². The Bertz CT molecular complexity index is 266. The topological polar surface area (TPSA) is 87.7 Å². The first-order valence-corrected chi connectivity index (χ1v) is 5.61. The van der Waals surface area contributed by atoms with Crippen LogP contribution in [0.25, 0.3) is 0 Å². The predicted octanol–water partition coefficient (Wildman–Crippen LogP) is 0.964. The Hall–Kier alpha value is -1.30. The molecule has 0 aliphatic carbocycles. The number of methoxy groups -OCH3 is 1. The quantitative estimate of drug-likeness (QED) is 0.624. The van der Waals surface area contributed by atoms with Crippen LogP contribution in [0.5, 0.6) is 0 Å². The second-order valence-electron chi connectivity index (χ2n) is 4.53. The molecule has 0 aliphatic heterocycles. The Morgan fingerprint density at radius 1 is 1.41 bits per heavy atom. The molecular weight excluding hydrogens is 224 g/mol. The Labute approximate surface area is 102 Å². The molecule has 2 amide bonds. The van der Waals surface area contributed by atoms with Gasteiger partial charge in [-0.3, -0.25) is 4.79 Å². The number of carboxylic acid groups (broad SMARTS) is 1. The van der Waals surface area contributed by atoms with E-state index in [4.69, 9.17) is 9.84 Å². The summed E-state index contributed by atoms with van der Waals surface area (Å²) in [6.07, 6.45) is 0.167. The fourth-order valence-corrected chi connectivity index (χ4v) is 1.08. The first kappa shape index (κ1) is 15.7. The standard InChI is InChI=1S/C11H22N2O4/c1-5-11(2,3)13-10(16)12-7-8(17-4)6-9(14)15/h8H,5-7H2,1-4H3,(H,14,15)(H2,12,13,16). The Morgan fingerprint density at radius 2 is 2.00 bits per heavy atom. The molecule has 100 valence electrons. The van der Waals surface area contributed by atoms with E-state index in [-0.39, 0.29) is 24.5 Å². The van der Waals surface area contributed by atoms with E-state index < -0.39 is 12.1 Å². The summed E-state index contributed by atoms with van der Waals surface area (Å²) in [5.74, 6) is -0.951. The summed E-state index contributed by atoms with van der Waals surface area (Å²) in [4.78, 5) is 22.0. The lowest BCUT2D eigenvalue weighted by Crippen LogP contribution is -2.49. The van der Waals surface area contributed by atoms with Crippen molar-refractivity contribution in [3.05, 3.63) is 0 Å². The molecule has 0 fully saturated rings. The summed E-state index contributed by atoms with van der Waals surface area (Å²) >= 11 is 0. The van der Waals surface area contributed by atoms with Gasteiger partial charge >= 0.3 is 12.0 Å². The van der Waals surface area contributed by atoms with Gasteiger partial charge < -0.3 is 20.5 Å². The van der Waals surface area contributed by atoms with Crippen LogP contribution in [0.2, 0.25) is 0 Å². The monoisotopic (exact) mass is 246 g/mol. The minimum absolute atomic E-state index is 0.131. The maximum Gasteiger partial charge on any atom is 0.315 e. The Morgan fingerprint density at radius 3 is 2.41 bits per heavy atom. The number of carbonyl (C=O) groups excluding carboxylic acids is 1. The van der Waals surface area contributed by atoms with Gasteiger partial charge in [0.2, 0.25) is 0 Å². The third-order valence-corrected chi connectivity index (χ3v) is 2.56. The van der Waals surface area contributed by atoms with E-state index in [9.17, 15) is 9.59 Å². The van der Waals surface area contributed by atoms with Gasteiger partial charge in [0.25, 0.3) is 0 Å². The Kier molecular flexibility index (Phi) is 6.57. The van der Waals surface area contributed by atoms with E-state index in [0.717, 1.165) is 6.42 Å². The predicted molar refractivity (Wildman–Crippen MR) is 64.0 cm³/mol. The maximum atomic E-state index is 11.5. The van der Waals surface area contributed by atoms with Gasteiger partial charge in [-0.1, -0.05) is 6.92 Å². The van der Waals surface area contributed by atoms with Crippen LogP contribution in [0.15, 0.2) is 0 Å². The van der Waals surface area contributed by atoms with Gasteiger partial charge in [-0.2, -0.15) is 0 Å². The number of hydrogen-bond acceptors (Lipinski definition) is 3. The molecule has 0 spiro atoms. The first-order chi connectivity index (χ1) is 7.80. The van der Waals surface area contributed by atoms with Crippen LogP contribution in [0, 0.1) is 0 Å². The number of amides is 2. The van der Waals surface area contributed by atoms with E-state index in [2.05, 4.69) is 10.6 Å². The molecule has 0 rings (SSSR count).